The van der Waals surface area contributed by atoms with Crippen molar-refractivity contribution in [3.05, 3.63) is 29.3 Å². The number of nitrogens with two attached hydrogens (primary N) is 1. The molecule has 0 bridgehead atoms. The Balaban J connectivity index is 2.37. The lowest BCUT2D eigenvalue weighted by molar-refractivity contribution is -0.136. The summed E-state index contributed by atoms with van der Waals surface area (Å²) in [5.41, 5.74) is 4.63. The lowest BCUT2D eigenvalue weighted by Crippen LogP contribution is -2.09. The van der Waals surface area contributed by atoms with Gasteiger partial charge < -0.3 is 5.73 Å². The fraction of sp³-hybridized carbons (Fsp3) is 0.333. The third-order valence-electron chi connectivity index (χ3n) is 2.40. The summed E-state index contributed by atoms with van der Waals surface area (Å²) in [6, 6.07) is 3.81. The molecular formula is C12H10F3N. The molecule has 16 heavy (non-hydrogen) atoms. The molecule has 1 nitrogen and oxygen atoms in total. The molecule has 0 amide bonds. The van der Waals surface area contributed by atoms with E-state index in [1.54, 1.807) is 0 Å². The lowest BCUT2D eigenvalue weighted by Gasteiger charge is -2.10. The molecule has 0 aliphatic heterocycles. The van der Waals surface area contributed by atoms with Gasteiger partial charge in [-0.1, -0.05) is 17.9 Å². The van der Waals surface area contributed by atoms with E-state index in [0.717, 1.165) is 18.9 Å². The molecule has 1 aliphatic carbocycles. The summed E-state index contributed by atoms with van der Waals surface area (Å²) >= 11 is 0. The molecule has 0 spiro atoms. The second kappa shape index (κ2) is 3.75. The SMILES string of the molecule is Nc1c(C#CC2CC2)cccc1C(F)(F)F. The van der Waals surface area contributed by atoms with Gasteiger partial charge in [-0.15, -0.1) is 0 Å². The molecule has 1 saturated carbocycles. The average molecular weight is 225 g/mol. The van der Waals surface area contributed by atoms with Crippen molar-refractivity contribution < 1.29 is 13.2 Å². The number of rotatable bonds is 0. The molecule has 4 heteroatoms. The molecule has 0 heterocycles. The zero-order valence-corrected chi connectivity index (χ0v) is 8.43. The van der Waals surface area contributed by atoms with Crippen molar-refractivity contribution in [2.45, 2.75) is 19.0 Å². The standard InChI is InChI=1S/C12H10F3N/c13-12(14,15)10-3-1-2-9(11(10)16)7-6-8-4-5-8/h1-3,8H,4-5,16H2. The van der Waals surface area contributed by atoms with Crippen LogP contribution in [0, 0.1) is 17.8 Å². The van der Waals surface area contributed by atoms with Crippen LogP contribution >= 0.6 is 0 Å². The van der Waals surface area contributed by atoms with Crippen LogP contribution in [-0.4, -0.2) is 0 Å². The Morgan fingerprint density at radius 2 is 1.94 bits per heavy atom. The highest BCUT2D eigenvalue weighted by Gasteiger charge is 2.33. The molecule has 0 saturated heterocycles. The minimum atomic E-state index is -4.42. The van der Waals surface area contributed by atoms with Crippen LogP contribution in [-0.2, 0) is 6.18 Å². The number of alkyl halides is 3. The van der Waals surface area contributed by atoms with Crippen LogP contribution in [0.4, 0.5) is 18.9 Å². The zero-order chi connectivity index (χ0) is 11.8. The van der Waals surface area contributed by atoms with Crippen molar-refractivity contribution in [1.82, 2.24) is 0 Å². The fourth-order valence-corrected chi connectivity index (χ4v) is 1.33. The first-order valence-corrected chi connectivity index (χ1v) is 4.95. The third kappa shape index (κ3) is 2.30. The Labute approximate surface area is 91.5 Å². The normalized spacial score (nSPS) is 15.4. The van der Waals surface area contributed by atoms with Gasteiger partial charge >= 0.3 is 6.18 Å². The third-order valence-corrected chi connectivity index (χ3v) is 2.40. The highest BCUT2D eigenvalue weighted by molar-refractivity contribution is 5.61. The molecule has 1 aliphatic rings. The van der Waals surface area contributed by atoms with Crippen LogP contribution < -0.4 is 5.73 Å². The monoisotopic (exact) mass is 225 g/mol. The van der Waals surface area contributed by atoms with Gasteiger partial charge in [-0.25, -0.2) is 0 Å². The Bertz CT molecular complexity index is 461. The molecule has 84 valence electrons. The molecule has 2 rings (SSSR count). The van der Waals surface area contributed by atoms with Gasteiger partial charge in [0.15, 0.2) is 0 Å². The second-order valence-corrected chi connectivity index (χ2v) is 3.81. The van der Waals surface area contributed by atoms with Crippen molar-refractivity contribution in [3.8, 4) is 11.8 Å². The maximum Gasteiger partial charge on any atom is 0.418 e. The smallest absolute Gasteiger partial charge is 0.397 e. The molecular weight excluding hydrogens is 215 g/mol. The molecule has 0 aromatic heterocycles. The molecule has 2 N–H and O–H groups in total. The number of anilines is 1. The van der Waals surface area contributed by atoms with E-state index >= 15 is 0 Å². The van der Waals surface area contributed by atoms with Crippen molar-refractivity contribution in [1.29, 1.82) is 0 Å². The summed E-state index contributed by atoms with van der Waals surface area (Å²) in [6.45, 7) is 0. The van der Waals surface area contributed by atoms with E-state index in [-0.39, 0.29) is 11.3 Å². The van der Waals surface area contributed by atoms with Crippen molar-refractivity contribution in [3.63, 3.8) is 0 Å². The summed E-state index contributed by atoms with van der Waals surface area (Å²) in [4.78, 5) is 0. The number of nitrogen functional groups attached to an aromatic ring is 1. The van der Waals surface area contributed by atoms with Crippen LogP contribution in [0.25, 0.3) is 0 Å². The summed E-state index contributed by atoms with van der Waals surface area (Å²) in [5, 5.41) is 0. The maximum atomic E-state index is 12.5. The Morgan fingerprint density at radius 1 is 1.25 bits per heavy atom. The van der Waals surface area contributed by atoms with E-state index < -0.39 is 11.7 Å². The first-order chi connectivity index (χ1) is 7.48. The van der Waals surface area contributed by atoms with Gasteiger partial charge in [0.2, 0.25) is 0 Å². The summed E-state index contributed by atoms with van der Waals surface area (Å²) < 4.78 is 37.5. The average Bonchev–Trinajstić information content (AvgIpc) is 2.98. The van der Waals surface area contributed by atoms with Gasteiger partial charge in [-0.3, -0.25) is 0 Å². The minimum Gasteiger partial charge on any atom is -0.397 e. The van der Waals surface area contributed by atoms with Gasteiger partial charge in [0.1, 0.15) is 0 Å². The first-order valence-electron chi connectivity index (χ1n) is 4.95. The lowest BCUT2D eigenvalue weighted by atomic mass is 10.1. The second-order valence-electron chi connectivity index (χ2n) is 3.81. The van der Waals surface area contributed by atoms with E-state index in [0.29, 0.717) is 5.92 Å². The summed E-state index contributed by atoms with van der Waals surface area (Å²) in [5.74, 6) is 5.95. The van der Waals surface area contributed by atoms with E-state index in [1.165, 1.54) is 12.1 Å². The topological polar surface area (TPSA) is 26.0 Å². The van der Waals surface area contributed by atoms with Crippen molar-refractivity contribution in [2.75, 3.05) is 5.73 Å². The molecule has 0 atom stereocenters. The van der Waals surface area contributed by atoms with Crippen molar-refractivity contribution >= 4 is 5.69 Å². The Hall–Kier alpha value is -1.63. The van der Waals surface area contributed by atoms with Gasteiger partial charge in [0.05, 0.1) is 11.3 Å². The zero-order valence-electron chi connectivity index (χ0n) is 8.43. The molecule has 0 radical (unpaired) electrons. The predicted octanol–water partition coefficient (Wildman–Crippen LogP) is 3.05. The first kappa shape index (κ1) is 10.9. The fourth-order valence-electron chi connectivity index (χ4n) is 1.33. The number of hydrogen-bond acceptors (Lipinski definition) is 1. The Kier molecular flexibility index (Phi) is 2.55. The van der Waals surface area contributed by atoms with E-state index in [1.807, 2.05) is 0 Å². The van der Waals surface area contributed by atoms with Crippen LogP contribution in [0.1, 0.15) is 24.0 Å². The van der Waals surface area contributed by atoms with Gasteiger partial charge in [0.25, 0.3) is 0 Å². The van der Waals surface area contributed by atoms with Crippen LogP contribution in [0.15, 0.2) is 18.2 Å². The van der Waals surface area contributed by atoms with Crippen LogP contribution in [0.5, 0.6) is 0 Å². The van der Waals surface area contributed by atoms with Crippen LogP contribution in [0.2, 0.25) is 0 Å². The quantitative estimate of drug-likeness (QED) is 0.533. The number of halogens is 3. The highest BCUT2D eigenvalue weighted by atomic mass is 19.4. The van der Waals surface area contributed by atoms with Crippen molar-refractivity contribution in [2.24, 2.45) is 5.92 Å². The number of hydrogen-bond donors (Lipinski definition) is 1. The number of para-hydroxylation sites is 1. The Morgan fingerprint density at radius 3 is 2.50 bits per heavy atom. The maximum absolute atomic E-state index is 12.5. The van der Waals surface area contributed by atoms with Gasteiger partial charge in [-0.2, -0.15) is 13.2 Å². The summed E-state index contributed by atoms with van der Waals surface area (Å²) in [7, 11) is 0. The van der Waals surface area contributed by atoms with E-state index in [4.69, 9.17) is 5.73 Å². The predicted molar refractivity (Wildman–Crippen MR) is 55.5 cm³/mol. The number of benzene rings is 1. The van der Waals surface area contributed by atoms with Gasteiger partial charge in [0, 0.05) is 11.5 Å². The van der Waals surface area contributed by atoms with E-state index in [2.05, 4.69) is 11.8 Å². The highest BCUT2D eigenvalue weighted by Crippen LogP contribution is 2.35. The molecule has 1 aromatic carbocycles. The largest absolute Gasteiger partial charge is 0.418 e. The molecule has 1 aromatic rings. The summed E-state index contributed by atoms with van der Waals surface area (Å²) in [6.07, 6.45) is -2.35. The van der Waals surface area contributed by atoms with E-state index in [9.17, 15) is 13.2 Å². The molecule has 0 unspecified atom stereocenters. The molecule has 1 fully saturated rings. The van der Waals surface area contributed by atoms with Crippen LogP contribution in [0.3, 0.4) is 0 Å². The van der Waals surface area contributed by atoms with Gasteiger partial charge in [-0.05, 0) is 25.0 Å². The minimum absolute atomic E-state index is 0.265.